The summed E-state index contributed by atoms with van der Waals surface area (Å²) >= 11 is 0. The number of carboxylic acid groups (broad SMARTS) is 1. The fourth-order valence-corrected chi connectivity index (χ4v) is 1.56. The van der Waals surface area contributed by atoms with E-state index in [0.29, 0.717) is 5.39 Å². The third-order valence-electron chi connectivity index (χ3n) is 2.24. The topological polar surface area (TPSA) is 112 Å². The van der Waals surface area contributed by atoms with Crippen molar-refractivity contribution < 1.29 is 14.7 Å². The number of nitrogens with zero attached hydrogens (tertiary/aromatic N) is 1. The number of carbonyl (C=O) groups excluding carboxylic acids is 1. The fourth-order valence-electron chi connectivity index (χ4n) is 1.56. The minimum atomic E-state index is -1.21. The van der Waals surface area contributed by atoms with E-state index in [-0.39, 0.29) is 22.9 Å². The Labute approximate surface area is 100 Å². The third-order valence-corrected chi connectivity index (χ3v) is 2.24. The molecule has 0 atom stereocenters. The van der Waals surface area contributed by atoms with E-state index in [1.54, 1.807) is 0 Å². The number of rotatable bonds is 2. The van der Waals surface area contributed by atoms with Gasteiger partial charge in [0.05, 0.1) is 5.56 Å². The zero-order valence-electron chi connectivity index (χ0n) is 9.35. The normalized spacial score (nSPS) is 10.3. The highest BCUT2D eigenvalue weighted by Crippen LogP contribution is 2.16. The van der Waals surface area contributed by atoms with Crippen LogP contribution < -0.4 is 10.9 Å². The molecule has 18 heavy (non-hydrogen) atoms. The number of nitrogens with one attached hydrogen (secondary N) is 2. The number of hydrogen-bond donors (Lipinski definition) is 3. The van der Waals surface area contributed by atoms with E-state index in [2.05, 4.69) is 15.3 Å². The molecule has 0 saturated carbocycles. The van der Waals surface area contributed by atoms with Crippen LogP contribution in [0.25, 0.3) is 11.0 Å². The van der Waals surface area contributed by atoms with Gasteiger partial charge >= 0.3 is 5.97 Å². The average molecular weight is 247 g/mol. The van der Waals surface area contributed by atoms with Crippen LogP contribution in [0.4, 0.5) is 5.82 Å². The molecule has 2 rings (SSSR count). The van der Waals surface area contributed by atoms with Crippen molar-refractivity contribution in [3.63, 3.8) is 0 Å². The number of fused-ring (bicyclic) bond motifs is 1. The number of pyridine rings is 2. The van der Waals surface area contributed by atoms with Gasteiger partial charge in [0.15, 0.2) is 0 Å². The quantitative estimate of drug-likeness (QED) is 0.718. The summed E-state index contributed by atoms with van der Waals surface area (Å²) in [5.41, 5.74) is -0.575. The van der Waals surface area contributed by atoms with E-state index in [1.165, 1.54) is 19.1 Å². The lowest BCUT2D eigenvalue weighted by atomic mass is 10.1. The third kappa shape index (κ3) is 2.19. The van der Waals surface area contributed by atoms with Gasteiger partial charge in [-0.05, 0) is 12.1 Å². The first-order chi connectivity index (χ1) is 8.47. The summed E-state index contributed by atoms with van der Waals surface area (Å²) in [5.74, 6) is -1.27. The fraction of sp³-hybridized carbons (Fsp3) is 0.0909. The molecule has 7 heteroatoms. The van der Waals surface area contributed by atoms with Crippen molar-refractivity contribution in [1.29, 1.82) is 0 Å². The van der Waals surface area contributed by atoms with Gasteiger partial charge in [0, 0.05) is 18.4 Å². The molecule has 0 bridgehead atoms. The monoisotopic (exact) mass is 247 g/mol. The number of carboxylic acids is 1. The smallest absolute Gasteiger partial charge is 0.336 e. The molecule has 2 aromatic heterocycles. The average Bonchev–Trinajstić information content (AvgIpc) is 2.26. The molecule has 2 heterocycles. The van der Waals surface area contributed by atoms with Gasteiger partial charge < -0.3 is 15.4 Å². The zero-order chi connectivity index (χ0) is 13.3. The van der Waals surface area contributed by atoms with Crippen molar-refractivity contribution >= 4 is 28.7 Å². The van der Waals surface area contributed by atoms with Gasteiger partial charge in [0.2, 0.25) is 11.5 Å². The second kappa shape index (κ2) is 4.28. The minimum Gasteiger partial charge on any atom is -0.478 e. The Morgan fingerprint density at radius 2 is 2.11 bits per heavy atom. The second-order valence-corrected chi connectivity index (χ2v) is 3.63. The van der Waals surface area contributed by atoms with Crippen molar-refractivity contribution in [3.05, 3.63) is 34.1 Å². The molecule has 0 aromatic carbocycles. The summed E-state index contributed by atoms with van der Waals surface area (Å²) in [6.07, 6.45) is 0. The maximum Gasteiger partial charge on any atom is 0.336 e. The van der Waals surface area contributed by atoms with Crippen LogP contribution >= 0.6 is 0 Å². The van der Waals surface area contributed by atoms with E-state index < -0.39 is 11.5 Å². The largest absolute Gasteiger partial charge is 0.478 e. The first kappa shape index (κ1) is 11.8. The molecule has 0 radical (unpaired) electrons. The SMILES string of the molecule is CC(=O)Nc1ccc2c(C(=O)O)cc(=O)[nH]c2n1. The van der Waals surface area contributed by atoms with E-state index in [0.717, 1.165) is 6.07 Å². The van der Waals surface area contributed by atoms with Crippen molar-refractivity contribution in [2.75, 3.05) is 5.32 Å². The summed E-state index contributed by atoms with van der Waals surface area (Å²) in [6, 6.07) is 3.94. The molecule has 2 aromatic rings. The van der Waals surface area contributed by atoms with Crippen LogP contribution in [-0.4, -0.2) is 27.0 Å². The number of hydrogen-bond acceptors (Lipinski definition) is 4. The number of carbonyl (C=O) groups is 2. The molecule has 3 N–H and O–H groups in total. The van der Waals surface area contributed by atoms with E-state index in [1.807, 2.05) is 0 Å². The van der Waals surface area contributed by atoms with Gasteiger partial charge in [-0.2, -0.15) is 0 Å². The van der Waals surface area contributed by atoms with Gasteiger partial charge in [-0.3, -0.25) is 9.59 Å². The van der Waals surface area contributed by atoms with Crippen LogP contribution in [0.3, 0.4) is 0 Å². The maximum atomic E-state index is 11.3. The highest BCUT2D eigenvalue weighted by molar-refractivity contribution is 6.01. The highest BCUT2D eigenvalue weighted by atomic mass is 16.4. The van der Waals surface area contributed by atoms with Crippen LogP contribution in [-0.2, 0) is 4.79 Å². The molecule has 1 amide bonds. The van der Waals surface area contributed by atoms with E-state index in [9.17, 15) is 14.4 Å². The van der Waals surface area contributed by atoms with Crippen LogP contribution in [0, 0.1) is 0 Å². The van der Waals surface area contributed by atoms with Crippen LogP contribution in [0.1, 0.15) is 17.3 Å². The number of H-pyrrole nitrogens is 1. The second-order valence-electron chi connectivity index (χ2n) is 3.63. The number of amides is 1. The number of aromatic nitrogens is 2. The number of aromatic carboxylic acids is 1. The van der Waals surface area contributed by atoms with Crippen molar-refractivity contribution in [1.82, 2.24) is 9.97 Å². The molecule has 0 aliphatic heterocycles. The van der Waals surface area contributed by atoms with E-state index >= 15 is 0 Å². The molecule has 92 valence electrons. The Morgan fingerprint density at radius 3 is 2.72 bits per heavy atom. The Hall–Kier alpha value is -2.70. The van der Waals surface area contributed by atoms with Crippen molar-refractivity contribution in [2.24, 2.45) is 0 Å². The lowest BCUT2D eigenvalue weighted by Crippen LogP contribution is -2.12. The molecule has 0 saturated heterocycles. The lowest BCUT2D eigenvalue weighted by molar-refractivity contribution is -0.114. The molecule has 0 spiro atoms. The van der Waals surface area contributed by atoms with Crippen LogP contribution in [0.5, 0.6) is 0 Å². The Morgan fingerprint density at radius 1 is 1.39 bits per heavy atom. The summed E-state index contributed by atoms with van der Waals surface area (Å²) < 4.78 is 0. The molecule has 0 fully saturated rings. The predicted molar refractivity (Wildman–Crippen MR) is 63.6 cm³/mol. The zero-order valence-corrected chi connectivity index (χ0v) is 9.35. The Balaban J connectivity index is 2.67. The summed E-state index contributed by atoms with van der Waals surface area (Å²) in [7, 11) is 0. The Kier molecular flexibility index (Phi) is 2.80. The summed E-state index contributed by atoms with van der Waals surface area (Å²) in [6.45, 7) is 1.32. The standard InChI is InChI=1S/C11H9N3O4/c1-5(15)12-8-3-2-6-7(11(17)18)4-9(16)14-10(6)13-8/h2-4H,1H3,(H,17,18)(H2,12,13,14,15,16). The molecular weight excluding hydrogens is 238 g/mol. The van der Waals surface area contributed by atoms with Gasteiger partial charge in [0.1, 0.15) is 11.5 Å². The van der Waals surface area contributed by atoms with Gasteiger partial charge in [0.25, 0.3) is 0 Å². The molecule has 0 unspecified atom stereocenters. The predicted octanol–water partition coefficient (Wildman–Crippen LogP) is 0.580. The van der Waals surface area contributed by atoms with Crippen LogP contribution in [0.15, 0.2) is 23.0 Å². The highest BCUT2D eigenvalue weighted by Gasteiger charge is 2.11. The van der Waals surface area contributed by atoms with Crippen LogP contribution in [0.2, 0.25) is 0 Å². The van der Waals surface area contributed by atoms with E-state index in [4.69, 9.17) is 5.11 Å². The molecule has 0 aliphatic rings. The number of anilines is 1. The first-order valence-electron chi connectivity index (χ1n) is 5.02. The first-order valence-corrected chi connectivity index (χ1v) is 5.02. The van der Waals surface area contributed by atoms with Gasteiger partial charge in [-0.15, -0.1) is 0 Å². The van der Waals surface area contributed by atoms with Gasteiger partial charge in [-0.25, -0.2) is 9.78 Å². The molecule has 7 nitrogen and oxygen atoms in total. The Bertz CT molecular complexity index is 705. The van der Waals surface area contributed by atoms with Crippen molar-refractivity contribution in [2.45, 2.75) is 6.92 Å². The minimum absolute atomic E-state index is 0.117. The summed E-state index contributed by atoms with van der Waals surface area (Å²) in [5, 5.41) is 11.7. The maximum absolute atomic E-state index is 11.3. The van der Waals surface area contributed by atoms with Crippen molar-refractivity contribution in [3.8, 4) is 0 Å². The molecular formula is C11H9N3O4. The lowest BCUT2D eigenvalue weighted by Gasteiger charge is -2.04. The number of aromatic amines is 1. The van der Waals surface area contributed by atoms with Gasteiger partial charge in [-0.1, -0.05) is 0 Å². The molecule has 0 aliphatic carbocycles. The summed E-state index contributed by atoms with van der Waals surface area (Å²) in [4.78, 5) is 39.5.